The third-order valence-corrected chi connectivity index (χ3v) is 1.55. The molecular weight excluding hydrogens is 192 g/mol. The number of halogens is 1. The third-order valence-electron chi connectivity index (χ3n) is 0.987. The molecule has 0 heterocycles. The van der Waals surface area contributed by atoms with E-state index in [0.29, 0.717) is 0 Å². The van der Waals surface area contributed by atoms with E-state index in [0.717, 1.165) is 0 Å². The lowest BCUT2D eigenvalue weighted by atomic mass is 10.2. The van der Waals surface area contributed by atoms with E-state index in [1.807, 2.05) is 0 Å². The molecule has 1 nitrogen and oxygen atoms in total. The third kappa shape index (κ3) is 23.7. The maximum atomic E-state index is 7.57. The van der Waals surface area contributed by atoms with E-state index in [4.69, 9.17) is 5.11 Å². The summed E-state index contributed by atoms with van der Waals surface area (Å²) in [4.78, 5) is 0. The van der Waals surface area contributed by atoms with Crippen LogP contribution in [0.25, 0.3) is 0 Å². The number of hydrogen-bond donors (Lipinski definition) is 1. The van der Waals surface area contributed by atoms with E-state index in [1.165, 1.54) is 31.0 Å². The summed E-state index contributed by atoms with van der Waals surface area (Å²) >= 11 is 3.38. The van der Waals surface area contributed by atoms with Crippen LogP contribution in [0.2, 0.25) is 0 Å². The topological polar surface area (TPSA) is 20.2 Å². The second-order valence-corrected chi connectivity index (χ2v) is 2.86. The van der Waals surface area contributed by atoms with Crippen LogP contribution in [0.5, 0.6) is 0 Å². The molecule has 0 radical (unpaired) electrons. The smallest absolute Gasteiger partial charge is 0.0402 e. The lowest BCUT2D eigenvalue weighted by molar-refractivity contribution is 0.318. The van der Waals surface area contributed by atoms with Crippen LogP contribution in [0.1, 0.15) is 39.5 Å². The van der Waals surface area contributed by atoms with Gasteiger partial charge in [0.05, 0.1) is 0 Å². The highest BCUT2D eigenvalue weighted by Crippen LogP contribution is 1.99. The molecule has 0 saturated carbocycles. The highest BCUT2D eigenvalue weighted by Gasteiger charge is 1.81. The van der Waals surface area contributed by atoms with Crippen LogP contribution >= 0.6 is 15.9 Å². The molecule has 0 aromatic carbocycles. The lowest BCUT2D eigenvalue weighted by Gasteiger charge is -1.89. The van der Waals surface area contributed by atoms with E-state index in [-0.39, 0.29) is 6.61 Å². The van der Waals surface area contributed by atoms with Gasteiger partial charge in [-0.3, -0.25) is 0 Å². The largest absolute Gasteiger partial charge is 0.397 e. The van der Waals surface area contributed by atoms with Gasteiger partial charge in [-0.1, -0.05) is 42.1 Å². The van der Waals surface area contributed by atoms with Crippen molar-refractivity contribution in [1.29, 1.82) is 0 Å². The van der Waals surface area contributed by atoms with Crippen molar-refractivity contribution < 1.29 is 5.11 Å². The zero-order chi connectivity index (χ0) is 8.24. The Morgan fingerprint density at radius 1 is 1.10 bits per heavy atom. The normalized spacial score (nSPS) is 8.40. The first kappa shape index (κ1) is 13.1. The van der Waals surface area contributed by atoms with Crippen LogP contribution in [0.4, 0.5) is 0 Å². The number of hydrogen-bond acceptors (Lipinski definition) is 1. The molecule has 0 amide bonds. The van der Waals surface area contributed by atoms with Crippen LogP contribution in [0.15, 0.2) is 0 Å². The summed E-state index contributed by atoms with van der Waals surface area (Å²) in [7, 11) is 0. The van der Waals surface area contributed by atoms with Crippen molar-refractivity contribution in [2.45, 2.75) is 39.5 Å². The van der Waals surface area contributed by atoms with Gasteiger partial charge in [0.25, 0.3) is 0 Å². The van der Waals surface area contributed by atoms with Gasteiger partial charge < -0.3 is 5.11 Å². The van der Waals surface area contributed by atoms with Crippen LogP contribution in [0, 0.1) is 0 Å². The Labute approximate surface area is 73.0 Å². The Morgan fingerprint density at radius 3 is 1.90 bits per heavy atom. The Morgan fingerprint density at radius 2 is 1.60 bits per heavy atom. The quantitative estimate of drug-likeness (QED) is 0.559. The van der Waals surface area contributed by atoms with Crippen molar-refractivity contribution in [3.05, 3.63) is 0 Å². The summed E-state index contributed by atoms with van der Waals surface area (Å²) in [6, 6.07) is 0. The van der Waals surface area contributed by atoms with E-state index in [2.05, 4.69) is 22.9 Å². The zero-order valence-corrected chi connectivity index (χ0v) is 8.65. The summed E-state index contributed by atoms with van der Waals surface area (Å²) in [6.07, 6.45) is 5.47. The summed E-state index contributed by atoms with van der Waals surface area (Å²) in [5.41, 5.74) is 0. The molecule has 0 aromatic heterocycles. The van der Waals surface area contributed by atoms with Gasteiger partial charge in [0.15, 0.2) is 0 Å². The van der Waals surface area contributed by atoms with Crippen molar-refractivity contribution >= 4 is 15.9 Å². The molecule has 0 fully saturated rings. The molecule has 0 atom stereocenters. The van der Waals surface area contributed by atoms with Crippen LogP contribution in [0.3, 0.4) is 0 Å². The number of alkyl halides is 1. The molecule has 0 bridgehead atoms. The minimum atomic E-state index is 0.250. The van der Waals surface area contributed by atoms with Crippen molar-refractivity contribution in [2.75, 3.05) is 11.9 Å². The number of rotatable bonds is 4. The molecule has 0 spiro atoms. The zero-order valence-electron chi connectivity index (χ0n) is 7.07. The fraction of sp³-hybridized carbons (Fsp3) is 1.00. The number of aliphatic hydroxyl groups excluding tert-OH is 1. The summed E-state index contributed by atoms with van der Waals surface area (Å²) < 4.78 is 0. The van der Waals surface area contributed by atoms with Crippen molar-refractivity contribution in [2.24, 2.45) is 0 Å². The van der Waals surface area contributed by atoms with Crippen molar-refractivity contribution in [3.8, 4) is 0 Å². The number of unbranched alkanes of at least 4 members (excludes halogenated alkanes) is 3. The predicted octanol–water partition coefficient (Wildman–Crippen LogP) is 2.96. The van der Waals surface area contributed by atoms with E-state index in [9.17, 15) is 0 Å². The lowest BCUT2D eigenvalue weighted by Crippen LogP contribution is -1.73. The maximum absolute atomic E-state index is 7.57. The monoisotopic (exact) mass is 210 g/mol. The average Bonchev–Trinajstić information content (AvgIpc) is 1.91. The standard InChI is InChI=1S/C6H13Br.C2H6O/c1-2-3-4-5-6-7;1-2-3/h2-6H2,1H3;3H,2H2,1H3. The maximum Gasteiger partial charge on any atom is 0.0402 e. The first-order valence-corrected chi connectivity index (χ1v) is 5.12. The molecule has 1 N–H and O–H groups in total. The highest BCUT2D eigenvalue weighted by molar-refractivity contribution is 9.09. The van der Waals surface area contributed by atoms with Gasteiger partial charge in [-0.2, -0.15) is 0 Å². The first-order valence-electron chi connectivity index (χ1n) is 4.00. The van der Waals surface area contributed by atoms with Gasteiger partial charge in [-0.25, -0.2) is 0 Å². The molecule has 0 rings (SSSR count). The van der Waals surface area contributed by atoms with Gasteiger partial charge in [-0.15, -0.1) is 0 Å². The van der Waals surface area contributed by atoms with Crippen molar-refractivity contribution in [1.82, 2.24) is 0 Å². The molecule has 0 aliphatic heterocycles. The molecule has 10 heavy (non-hydrogen) atoms. The van der Waals surface area contributed by atoms with Gasteiger partial charge in [0.2, 0.25) is 0 Å². The summed E-state index contributed by atoms with van der Waals surface area (Å²) in [6.45, 7) is 4.16. The number of aliphatic hydroxyl groups is 1. The van der Waals surface area contributed by atoms with Crippen molar-refractivity contribution in [3.63, 3.8) is 0 Å². The van der Waals surface area contributed by atoms with Gasteiger partial charge in [-0.05, 0) is 13.3 Å². The highest BCUT2D eigenvalue weighted by atomic mass is 79.9. The second-order valence-electron chi connectivity index (χ2n) is 2.07. The van der Waals surface area contributed by atoms with Gasteiger partial charge >= 0.3 is 0 Å². The Balaban J connectivity index is 0. The molecule has 0 aliphatic carbocycles. The minimum Gasteiger partial charge on any atom is -0.397 e. The van der Waals surface area contributed by atoms with Crippen LogP contribution in [-0.2, 0) is 0 Å². The van der Waals surface area contributed by atoms with Gasteiger partial charge in [0, 0.05) is 11.9 Å². The minimum absolute atomic E-state index is 0.250. The molecule has 0 aromatic rings. The van der Waals surface area contributed by atoms with Crippen LogP contribution < -0.4 is 0 Å². The molecular formula is C8H19BrO. The predicted molar refractivity (Wildman–Crippen MR) is 50.7 cm³/mol. The summed E-state index contributed by atoms with van der Waals surface area (Å²) in [5.74, 6) is 0. The average molecular weight is 211 g/mol. The fourth-order valence-corrected chi connectivity index (χ4v) is 0.918. The molecule has 0 saturated heterocycles. The second kappa shape index (κ2) is 16.2. The molecule has 0 unspecified atom stereocenters. The Bertz CT molecular complexity index is 36.2. The molecule has 64 valence electrons. The fourth-order valence-electron chi connectivity index (χ4n) is 0.521. The Hall–Kier alpha value is 0.440. The Kier molecular flexibility index (Phi) is 21.2. The van der Waals surface area contributed by atoms with E-state index >= 15 is 0 Å². The van der Waals surface area contributed by atoms with Crippen LogP contribution in [-0.4, -0.2) is 17.0 Å². The first-order chi connectivity index (χ1) is 4.83. The van der Waals surface area contributed by atoms with E-state index < -0.39 is 0 Å². The summed E-state index contributed by atoms with van der Waals surface area (Å²) in [5, 5.41) is 8.74. The van der Waals surface area contributed by atoms with Gasteiger partial charge in [0.1, 0.15) is 0 Å². The SMILES string of the molecule is CCCCCCBr.CCO. The molecule has 2 heteroatoms. The molecule has 0 aliphatic rings. The van der Waals surface area contributed by atoms with E-state index in [1.54, 1.807) is 6.92 Å².